The number of carbonyl (C=O) groups excluding carboxylic acids is 1. The zero-order valence-corrected chi connectivity index (χ0v) is 13.8. The van der Waals surface area contributed by atoms with Crippen LogP contribution in [0.15, 0.2) is 42.5 Å². The SMILES string of the molecule is CCN1Cc2nc3c(-c4ccccc4C#N)cccc3c(N)c2C1=O. The van der Waals surface area contributed by atoms with Crippen molar-refractivity contribution in [1.82, 2.24) is 9.88 Å². The van der Waals surface area contributed by atoms with Gasteiger partial charge in [-0.15, -0.1) is 0 Å². The highest BCUT2D eigenvalue weighted by molar-refractivity contribution is 6.11. The van der Waals surface area contributed by atoms with Gasteiger partial charge in [-0.2, -0.15) is 5.26 Å². The number of nitriles is 1. The number of anilines is 1. The Hall–Kier alpha value is -3.39. The van der Waals surface area contributed by atoms with Gasteiger partial charge in [-0.1, -0.05) is 36.4 Å². The first-order valence-electron chi connectivity index (χ1n) is 8.15. The van der Waals surface area contributed by atoms with Crippen molar-refractivity contribution in [2.45, 2.75) is 13.5 Å². The van der Waals surface area contributed by atoms with Crippen LogP contribution in [0.1, 0.15) is 28.5 Å². The van der Waals surface area contributed by atoms with Gasteiger partial charge in [0.25, 0.3) is 5.91 Å². The van der Waals surface area contributed by atoms with Crippen LogP contribution in [0.2, 0.25) is 0 Å². The molecule has 0 atom stereocenters. The molecule has 0 bridgehead atoms. The highest BCUT2D eigenvalue weighted by Crippen LogP contribution is 2.37. The Kier molecular flexibility index (Phi) is 3.40. The minimum Gasteiger partial charge on any atom is -0.397 e. The number of amides is 1. The maximum atomic E-state index is 12.5. The molecule has 122 valence electrons. The molecule has 0 unspecified atom stereocenters. The lowest BCUT2D eigenvalue weighted by Crippen LogP contribution is -2.23. The number of nitrogens with zero attached hydrogens (tertiary/aromatic N) is 3. The van der Waals surface area contributed by atoms with Crippen LogP contribution < -0.4 is 5.73 Å². The maximum absolute atomic E-state index is 12.5. The van der Waals surface area contributed by atoms with Gasteiger partial charge in [-0.05, 0) is 13.0 Å². The average molecular weight is 328 g/mol. The number of pyridine rings is 1. The van der Waals surface area contributed by atoms with E-state index in [9.17, 15) is 10.1 Å². The van der Waals surface area contributed by atoms with Gasteiger partial charge in [0.15, 0.2) is 0 Å². The molecule has 25 heavy (non-hydrogen) atoms. The lowest BCUT2D eigenvalue weighted by Gasteiger charge is -2.11. The first-order valence-corrected chi connectivity index (χ1v) is 8.15. The summed E-state index contributed by atoms with van der Waals surface area (Å²) in [7, 11) is 0. The Morgan fingerprint density at radius 1 is 1.20 bits per heavy atom. The topological polar surface area (TPSA) is 83.0 Å². The number of nitrogen functional groups attached to an aromatic ring is 1. The van der Waals surface area contributed by atoms with Crippen LogP contribution in [-0.4, -0.2) is 22.3 Å². The molecule has 2 N–H and O–H groups in total. The smallest absolute Gasteiger partial charge is 0.258 e. The van der Waals surface area contributed by atoms with Gasteiger partial charge >= 0.3 is 0 Å². The van der Waals surface area contributed by atoms with E-state index in [-0.39, 0.29) is 5.91 Å². The highest BCUT2D eigenvalue weighted by atomic mass is 16.2. The number of rotatable bonds is 2. The van der Waals surface area contributed by atoms with Crippen molar-refractivity contribution < 1.29 is 4.79 Å². The molecular formula is C20H16N4O. The van der Waals surface area contributed by atoms with E-state index in [0.717, 1.165) is 22.0 Å². The van der Waals surface area contributed by atoms with Gasteiger partial charge in [-0.25, -0.2) is 4.98 Å². The summed E-state index contributed by atoms with van der Waals surface area (Å²) in [6.45, 7) is 3.03. The number of para-hydroxylation sites is 1. The zero-order valence-electron chi connectivity index (χ0n) is 13.8. The minimum absolute atomic E-state index is 0.0628. The van der Waals surface area contributed by atoms with E-state index in [1.807, 2.05) is 43.3 Å². The first kappa shape index (κ1) is 15.2. The maximum Gasteiger partial charge on any atom is 0.258 e. The van der Waals surface area contributed by atoms with E-state index in [2.05, 4.69) is 6.07 Å². The summed E-state index contributed by atoms with van der Waals surface area (Å²) in [6, 6.07) is 15.3. The van der Waals surface area contributed by atoms with E-state index in [1.54, 1.807) is 11.0 Å². The Balaban J connectivity index is 2.03. The summed E-state index contributed by atoms with van der Waals surface area (Å²) in [4.78, 5) is 19.0. The molecule has 5 heteroatoms. The fourth-order valence-electron chi connectivity index (χ4n) is 3.41. The summed E-state index contributed by atoms with van der Waals surface area (Å²) in [6.07, 6.45) is 0. The standard InChI is InChI=1S/C20H16N4O/c1-2-24-11-16-17(20(24)25)18(22)15-9-5-8-14(19(15)23-16)13-7-4-3-6-12(13)10-21/h3-9H,2,11H2,1H3,(H2,22,23). The van der Waals surface area contributed by atoms with Gasteiger partial charge in [0.1, 0.15) is 0 Å². The molecule has 0 saturated heterocycles. The number of nitrogens with two attached hydrogens (primary N) is 1. The molecule has 4 rings (SSSR count). The second kappa shape index (κ2) is 5.60. The number of aromatic nitrogens is 1. The largest absolute Gasteiger partial charge is 0.397 e. The molecule has 1 aliphatic heterocycles. The zero-order chi connectivity index (χ0) is 17.6. The normalized spacial score (nSPS) is 13.1. The lowest BCUT2D eigenvalue weighted by molar-refractivity contribution is 0.0787. The molecule has 0 fully saturated rings. The average Bonchev–Trinajstić information content (AvgIpc) is 2.97. The van der Waals surface area contributed by atoms with Crippen LogP contribution in [0.5, 0.6) is 0 Å². The van der Waals surface area contributed by atoms with E-state index < -0.39 is 0 Å². The third kappa shape index (κ3) is 2.15. The van der Waals surface area contributed by atoms with Crippen molar-refractivity contribution >= 4 is 22.5 Å². The van der Waals surface area contributed by atoms with Crippen molar-refractivity contribution in [3.63, 3.8) is 0 Å². The van der Waals surface area contributed by atoms with Gasteiger partial charge in [-0.3, -0.25) is 4.79 Å². The number of benzene rings is 2. The van der Waals surface area contributed by atoms with Gasteiger partial charge in [0, 0.05) is 23.1 Å². The Morgan fingerprint density at radius 3 is 2.72 bits per heavy atom. The Morgan fingerprint density at radius 2 is 1.96 bits per heavy atom. The van der Waals surface area contributed by atoms with Crippen molar-refractivity contribution in [3.05, 3.63) is 59.3 Å². The summed E-state index contributed by atoms with van der Waals surface area (Å²) in [5, 5.41) is 10.2. The molecule has 3 aromatic rings. The summed E-state index contributed by atoms with van der Waals surface area (Å²) in [5.74, 6) is -0.0628. The van der Waals surface area contributed by atoms with E-state index >= 15 is 0 Å². The van der Waals surface area contributed by atoms with Gasteiger partial charge in [0.05, 0.1) is 40.6 Å². The fraction of sp³-hybridized carbons (Fsp3) is 0.150. The monoisotopic (exact) mass is 328 g/mol. The third-order valence-corrected chi connectivity index (χ3v) is 4.69. The molecule has 1 aromatic heterocycles. The molecule has 5 nitrogen and oxygen atoms in total. The van der Waals surface area contributed by atoms with Gasteiger partial charge < -0.3 is 10.6 Å². The Labute approximate surface area is 145 Å². The molecule has 0 saturated carbocycles. The van der Waals surface area contributed by atoms with Crippen molar-refractivity contribution in [2.24, 2.45) is 0 Å². The molecule has 2 aromatic carbocycles. The predicted octanol–water partition coefficient (Wildman–Crippen LogP) is 3.33. The number of fused-ring (bicyclic) bond motifs is 2. The second-order valence-electron chi connectivity index (χ2n) is 6.03. The van der Waals surface area contributed by atoms with E-state index in [0.29, 0.717) is 35.6 Å². The van der Waals surface area contributed by atoms with Crippen LogP contribution >= 0.6 is 0 Å². The van der Waals surface area contributed by atoms with Gasteiger partial charge in [0.2, 0.25) is 0 Å². The van der Waals surface area contributed by atoms with Crippen molar-refractivity contribution in [3.8, 4) is 17.2 Å². The predicted molar refractivity (Wildman–Crippen MR) is 96.7 cm³/mol. The van der Waals surface area contributed by atoms with Crippen molar-refractivity contribution in [1.29, 1.82) is 5.26 Å². The summed E-state index contributed by atoms with van der Waals surface area (Å²) >= 11 is 0. The van der Waals surface area contributed by atoms with Crippen LogP contribution in [-0.2, 0) is 6.54 Å². The minimum atomic E-state index is -0.0628. The third-order valence-electron chi connectivity index (χ3n) is 4.69. The quantitative estimate of drug-likeness (QED) is 0.782. The molecule has 0 aliphatic carbocycles. The molecule has 2 heterocycles. The number of carbonyl (C=O) groups is 1. The van der Waals surface area contributed by atoms with Crippen LogP contribution in [0.25, 0.3) is 22.0 Å². The van der Waals surface area contributed by atoms with Crippen LogP contribution in [0, 0.1) is 11.3 Å². The van der Waals surface area contributed by atoms with Crippen molar-refractivity contribution in [2.75, 3.05) is 12.3 Å². The molecular weight excluding hydrogens is 312 g/mol. The highest BCUT2D eigenvalue weighted by Gasteiger charge is 2.31. The molecule has 1 amide bonds. The summed E-state index contributed by atoms with van der Waals surface area (Å²) < 4.78 is 0. The molecule has 0 spiro atoms. The number of hydrogen-bond acceptors (Lipinski definition) is 4. The first-order chi connectivity index (χ1) is 12.2. The molecule has 1 aliphatic rings. The van der Waals surface area contributed by atoms with Crippen LogP contribution in [0.3, 0.4) is 0 Å². The lowest BCUT2D eigenvalue weighted by atomic mass is 9.96. The fourth-order valence-corrected chi connectivity index (χ4v) is 3.41. The van der Waals surface area contributed by atoms with E-state index in [4.69, 9.17) is 10.7 Å². The van der Waals surface area contributed by atoms with Crippen LogP contribution in [0.4, 0.5) is 5.69 Å². The van der Waals surface area contributed by atoms with E-state index in [1.165, 1.54) is 0 Å². The number of hydrogen-bond donors (Lipinski definition) is 1. The second-order valence-corrected chi connectivity index (χ2v) is 6.03. The Bertz CT molecular complexity index is 1070. The molecule has 0 radical (unpaired) electrons. The summed E-state index contributed by atoms with van der Waals surface area (Å²) in [5.41, 5.74) is 11.0.